The summed E-state index contributed by atoms with van der Waals surface area (Å²) in [6, 6.07) is 1.39. The third-order valence-electron chi connectivity index (χ3n) is 2.67. The van der Waals surface area contributed by atoms with Crippen molar-refractivity contribution in [3.05, 3.63) is 39.6 Å². The zero-order valence-electron chi connectivity index (χ0n) is 11.1. The highest BCUT2D eigenvalue weighted by Crippen LogP contribution is 2.21. The molecule has 0 N–H and O–H groups in total. The van der Waals surface area contributed by atoms with Gasteiger partial charge in [-0.3, -0.25) is 4.98 Å². The molecule has 0 amide bonds. The smallest absolute Gasteiger partial charge is 0.244 e. The van der Waals surface area contributed by atoms with Crippen LogP contribution in [0, 0.1) is 0 Å². The second-order valence-corrected chi connectivity index (χ2v) is 7.85. The highest BCUT2D eigenvalue weighted by Gasteiger charge is 2.22. The highest BCUT2D eigenvalue weighted by atomic mass is 35.5. The molecule has 2 aromatic heterocycles. The topological polar surface area (TPSA) is 63.2 Å². The van der Waals surface area contributed by atoms with Gasteiger partial charge in [0.05, 0.1) is 10.0 Å². The largest absolute Gasteiger partial charge is 0.262 e. The molecule has 8 heteroatoms. The second kappa shape index (κ2) is 6.17. The van der Waals surface area contributed by atoms with Crippen molar-refractivity contribution in [2.24, 2.45) is 0 Å². The van der Waals surface area contributed by atoms with Crippen LogP contribution in [0.1, 0.15) is 16.8 Å². The van der Waals surface area contributed by atoms with Crippen LogP contribution < -0.4 is 0 Å². The molecular weight excluding hydrogens is 318 g/mol. The molecule has 2 heterocycles. The van der Waals surface area contributed by atoms with E-state index in [1.807, 2.05) is 6.92 Å². The summed E-state index contributed by atoms with van der Waals surface area (Å²) in [5.74, 6) is 0. The minimum Gasteiger partial charge on any atom is -0.262 e. The normalized spacial score (nSPS) is 12.0. The van der Waals surface area contributed by atoms with Crippen LogP contribution >= 0.6 is 22.9 Å². The van der Waals surface area contributed by atoms with Gasteiger partial charge >= 0.3 is 0 Å². The van der Waals surface area contributed by atoms with Gasteiger partial charge in [0, 0.05) is 37.1 Å². The van der Waals surface area contributed by atoms with Crippen LogP contribution in [0.3, 0.4) is 0 Å². The maximum absolute atomic E-state index is 12.4. The van der Waals surface area contributed by atoms with Gasteiger partial charge in [-0.1, -0.05) is 18.5 Å². The summed E-state index contributed by atoms with van der Waals surface area (Å²) in [6.07, 6.45) is 5.25. The molecule has 108 valence electrons. The minimum atomic E-state index is -3.59. The Morgan fingerprint density at radius 2 is 2.10 bits per heavy atom. The van der Waals surface area contributed by atoms with Crippen molar-refractivity contribution in [1.29, 1.82) is 0 Å². The van der Waals surface area contributed by atoms with Crippen molar-refractivity contribution < 1.29 is 8.42 Å². The van der Waals surface area contributed by atoms with Gasteiger partial charge in [0.1, 0.15) is 4.90 Å². The van der Waals surface area contributed by atoms with E-state index in [4.69, 9.17) is 11.6 Å². The Labute approximate surface area is 127 Å². The van der Waals surface area contributed by atoms with Gasteiger partial charge in [-0.05, 0) is 12.5 Å². The molecular formula is C12H14ClN3O2S2. The first-order valence-corrected chi connectivity index (χ1v) is 8.57. The van der Waals surface area contributed by atoms with Crippen molar-refractivity contribution in [1.82, 2.24) is 14.3 Å². The minimum absolute atomic E-state index is 0.0905. The van der Waals surface area contributed by atoms with Gasteiger partial charge in [-0.2, -0.15) is 4.31 Å². The van der Waals surface area contributed by atoms with E-state index in [1.165, 1.54) is 41.1 Å². The Morgan fingerprint density at radius 3 is 2.70 bits per heavy atom. The van der Waals surface area contributed by atoms with Crippen molar-refractivity contribution >= 4 is 33.0 Å². The molecule has 0 aliphatic rings. The maximum Gasteiger partial charge on any atom is 0.244 e. The van der Waals surface area contributed by atoms with Crippen LogP contribution in [0.5, 0.6) is 0 Å². The van der Waals surface area contributed by atoms with E-state index in [1.54, 1.807) is 6.20 Å². The summed E-state index contributed by atoms with van der Waals surface area (Å²) in [5, 5.41) is 1.29. The molecule has 0 unspecified atom stereocenters. The van der Waals surface area contributed by atoms with Crippen molar-refractivity contribution in [3.63, 3.8) is 0 Å². The van der Waals surface area contributed by atoms with Gasteiger partial charge in [-0.25, -0.2) is 13.4 Å². The summed E-state index contributed by atoms with van der Waals surface area (Å²) in [5.41, 5.74) is 0. The van der Waals surface area contributed by atoms with Crippen LogP contribution in [0.25, 0.3) is 0 Å². The van der Waals surface area contributed by atoms with Crippen LogP contribution in [-0.2, 0) is 23.0 Å². The molecule has 2 rings (SSSR count). The van der Waals surface area contributed by atoms with E-state index in [9.17, 15) is 8.42 Å². The molecule has 20 heavy (non-hydrogen) atoms. The van der Waals surface area contributed by atoms with Crippen LogP contribution in [0.2, 0.25) is 5.02 Å². The molecule has 0 fully saturated rings. The number of hydrogen-bond acceptors (Lipinski definition) is 5. The Morgan fingerprint density at radius 1 is 1.35 bits per heavy atom. The molecule has 0 aromatic carbocycles. The Kier molecular flexibility index (Phi) is 4.74. The lowest BCUT2D eigenvalue weighted by atomic mass is 10.5. The number of halogens is 1. The van der Waals surface area contributed by atoms with Gasteiger partial charge < -0.3 is 0 Å². The first kappa shape index (κ1) is 15.4. The molecule has 0 aliphatic heterocycles. The van der Waals surface area contributed by atoms with Gasteiger partial charge in [0.2, 0.25) is 10.0 Å². The van der Waals surface area contributed by atoms with E-state index in [-0.39, 0.29) is 11.4 Å². The highest BCUT2D eigenvalue weighted by molar-refractivity contribution is 7.89. The summed E-state index contributed by atoms with van der Waals surface area (Å²) in [4.78, 5) is 9.03. The molecule has 0 bridgehead atoms. The fraction of sp³-hybridized carbons (Fsp3) is 0.333. The van der Waals surface area contributed by atoms with Crippen LogP contribution in [-0.4, -0.2) is 29.7 Å². The fourth-order valence-corrected chi connectivity index (χ4v) is 3.98. The number of pyridine rings is 1. The molecule has 0 saturated heterocycles. The Hall–Kier alpha value is -1.02. The monoisotopic (exact) mass is 331 g/mol. The quantitative estimate of drug-likeness (QED) is 0.844. The second-order valence-electron chi connectivity index (χ2n) is 4.17. The average Bonchev–Trinajstić information content (AvgIpc) is 2.86. The predicted molar refractivity (Wildman–Crippen MR) is 79.4 cm³/mol. The zero-order chi connectivity index (χ0) is 14.8. The van der Waals surface area contributed by atoms with Gasteiger partial charge in [0.25, 0.3) is 0 Å². The number of sulfonamides is 1. The number of aromatic nitrogens is 2. The third kappa shape index (κ3) is 3.35. The maximum atomic E-state index is 12.4. The van der Waals surface area contributed by atoms with E-state index in [0.29, 0.717) is 5.02 Å². The van der Waals surface area contributed by atoms with Gasteiger partial charge in [-0.15, -0.1) is 11.3 Å². The Balaban J connectivity index is 2.21. The Bertz CT molecular complexity index is 700. The van der Waals surface area contributed by atoms with E-state index in [0.717, 1.165) is 16.3 Å². The molecule has 0 saturated carbocycles. The molecule has 5 nitrogen and oxygen atoms in total. The van der Waals surface area contributed by atoms with E-state index < -0.39 is 10.0 Å². The lowest BCUT2D eigenvalue weighted by Crippen LogP contribution is -2.26. The van der Waals surface area contributed by atoms with Crippen LogP contribution in [0.4, 0.5) is 0 Å². The predicted octanol–water partition coefficient (Wildman–Crippen LogP) is 2.57. The number of aryl methyl sites for hydroxylation is 1. The molecule has 0 aliphatic carbocycles. The van der Waals surface area contributed by atoms with Crippen molar-refractivity contribution in [2.45, 2.75) is 24.8 Å². The molecule has 0 spiro atoms. The fourth-order valence-electron chi connectivity index (χ4n) is 1.60. The molecule has 0 atom stereocenters. The number of hydrogen-bond donors (Lipinski definition) is 0. The lowest BCUT2D eigenvalue weighted by molar-refractivity contribution is 0.469. The standard InChI is InChI=1S/C12H14ClN3O2S2/c1-3-12-15-6-10(19-12)8-16(2)20(17,18)11-4-9(13)5-14-7-11/h4-7H,3,8H2,1-2H3. The molecule has 0 radical (unpaired) electrons. The van der Waals surface area contributed by atoms with Crippen molar-refractivity contribution in [3.8, 4) is 0 Å². The summed E-state index contributed by atoms with van der Waals surface area (Å²) < 4.78 is 26.0. The first-order chi connectivity index (χ1) is 9.43. The van der Waals surface area contributed by atoms with E-state index in [2.05, 4.69) is 9.97 Å². The number of thiazole rings is 1. The number of nitrogens with zero attached hydrogens (tertiary/aromatic N) is 3. The summed E-state index contributed by atoms with van der Waals surface area (Å²) >= 11 is 7.30. The van der Waals surface area contributed by atoms with Crippen molar-refractivity contribution in [2.75, 3.05) is 7.05 Å². The summed E-state index contributed by atoms with van der Waals surface area (Å²) in [7, 11) is -2.06. The van der Waals surface area contributed by atoms with Crippen LogP contribution in [0.15, 0.2) is 29.6 Å². The molecule has 2 aromatic rings. The lowest BCUT2D eigenvalue weighted by Gasteiger charge is -2.15. The van der Waals surface area contributed by atoms with Gasteiger partial charge in [0.15, 0.2) is 0 Å². The third-order valence-corrected chi connectivity index (χ3v) is 5.77. The average molecular weight is 332 g/mol. The first-order valence-electron chi connectivity index (χ1n) is 5.94. The zero-order valence-corrected chi connectivity index (χ0v) is 13.5. The van der Waals surface area contributed by atoms with E-state index >= 15 is 0 Å². The number of rotatable bonds is 5. The summed E-state index contributed by atoms with van der Waals surface area (Å²) in [6.45, 7) is 2.30. The SMILES string of the molecule is CCc1ncc(CN(C)S(=O)(=O)c2cncc(Cl)c2)s1.